The number of oxazole rings is 1. The quantitative estimate of drug-likeness (QED) is 0.831. The highest BCUT2D eigenvalue weighted by Gasteiger charge is 2.29. The number of halogens is 3. The summed E-state index contributed by atoms with van der Waals surface area (Å²) in [5.74, 6) is 0.353. The third-order valence-corrected chi connectivity index (χ3v) is 2.74. The number of rotatable bonds is 6. The number of benzene rings is 1. The van der Waals surface area contributed by atoms with Gasteiger partial charge in [-0.25, -0.2) is 4.98 Å². The first-order valence-electron chi connectivity index (χ1n) is 6.56. The molecule has 2 rings (SSSR count). The summed E-state index contributed by atoms with van der Waals surface area (Å²) in [6, 6.07) is 4.82. The van der Waals surface area contributed by atoms with Crippen molar-refractivity contribution >= 4 is 12.2 Å². The number of hydrogen-bond donors (Lipinski definition) is 1. The molecule has 0 saturated carbocycles. The molecule has 4 nitrogen and oxygen atoms in total. The number of nitrogens with two attached hydrogens (primary N) is 1. The fraction of sp³-hybridized carbons (Fsp3) is 0.267. The minimum atomic E-state index is -4.33. The van der Waals surface area contributed by atoms with Gasteiger partial charge in [0.1, 0.15) is 12.0 Å². The molecule has 0 amide bonds. The first-order valence-corrected chi connectivity index (χ1v) is 6.56. The largest absolute Gasteiger partial charge is 0.445 e. The fourth-order valence-electron chi connectivity index (χ4n) is 1.68. The second-order valence-electron chi connectivity index (χ2n) is 4.47. The van der Waals surface area contributed by atoms with Crippen molar-refractivity contribution in [3.05, 3.63) is 53.2 Å². The normalized spacial score (nSPS) is 12.2. The van der Waals surface area contributed by atoms with Gasteiger partial charge in [-0.1, -0.05) is 12.1 Å². The molecule has 2 aromatic rings. The maximum atomic E-state index is 12.4. The van der Waals surface area contributed by atoms with Crippen molar-refractivity contribution in [1.29, 1.82) is 0 Å². The van der Waals surface area contributed by atoms with Crippen LogP contribution in [0.4, 0.5) is 13.2 Å². The molecule has 1 aromatic carbocycles. The SMILES string of the molecule is NCCOCc1coc(/C=C/c2ccc(C(F)(F)F)cc2)n1. The van der Waals surface area contributed by atoms with Crippen LogP contribution < -0.4 is 5.73 Å². The average Bonchev–Trinajstić information content (AvgIpc) is 2.93. The van der Waals surface area contributed by atoms with Gasteiger partial charge >= 0.3 is 6.18 Å². The van der Waals surface area contributed by atoms with Crippen LogP contribution in [-0.4, -0.2) is 18.1 Å². The van der Waals surface area contributed by atoms with E-state index in [4.69, 9.17) is 14.9 Å². The van der Waals surface area contributed by atoms with Crippen molar-refractivity contribution in [2.45, 2.75) is 12.8 Å². The molecule has 0 spiro atoms. The molecular weight excluding hydrogens is 297 g/mol. The summed E-state index contributed by atoms with van der Waals surface area (Å²) >= 11 is 0. The van der Waals surface area contributed by atoms with E-state index in [9.17, 15) is 13.2 Å². The molecule has 2 N–H and O–H groups in total. The first kappa shape index (κ1) is 16.3. The Hall–Kier alpha value is -2.12. The highest BCUT2D eigenvalue weighted by atomic mass is 19.4. The smallest absolute Gasteiger partial charge is 0.416 e. The van der Waals surface area contributed by atoms with Gasteiger partial charge in [0.15, 0.2) is 0 Å². The van der Waals surface area contributed by atoms with Gasteiger partial charge in [-0.05, 0) is 23.8 Å². The zero-order valence-corrected chi connectivity index (χ0v) is 11.6. The molecule has 0 aliphatic heterocycles. The number of hydrogen-bond acceptors (Lipinski definition) is 4. The monoisotopic (exact) mass is 312 g/mol. The lowest BCUT2D eigenvalue weighted by atomic mass is 10.1. The van der Waals surface area contributed by atoms with Crippen molar-refractivity contribution in [3.63, 3.8) is 0 Å². The van der Waals surface area contributed by atoms with Gasteiger partial charge in [-0.2, -0.15) is 13.2 Å². The van der Waals surface area contributed by atoms with Crippen LogP contribution in [0.1, 0.15) is 22.7 Å². The summed E-state index contributed by atoms with van der Waals surface area (Å²) in [5.41, 5.74) is 5.86. The fourth-order valence-corrected chi connectivity index (χ4v) is 1.68. The molecule has 0 aliphatic rings. The van der Waals surface area contributed by atoms with Crippen molar-refractivity contribution in [2.75, 3.05) is 13.2 Å². The lowest BCUT2D eigenvalue weighted by Crippen LogP contribution is -2.08. The van der Waals surface area contributed by atoms with Gasteiger partial charge in [0.05, 0.1) is 18.8 Å². The molecule has 0 aliphatic carbocycles. The summed E-state index contributed by atoms with van der Waals surface area (Å²) in [4.78, 5) is 4.15. The average molecular weight is 312 g/mol. The molecule has 0 atom stereocenters. The lowest BCUT2D eigenvalue weighted by molar-refractivity contribution is -0.137. The van der Waals surface area contributed by atoms with E-state index in [0.717, 1.165) is 12.1 Å². The summed E-state index contributed by atoms with van der Waals surface area (Å²) in [7, 11) is 0. The Bertz CT molecular complexity index is 618. The second kappa shape index (κ2) is 7.24. The highest BCUT2D eigenvalue weighted by molar-refractivity contribution is 5.66. The van der Waals surface area contributed by atoms with Gasteiger partial charge in [0.25, 0.3) is 0 Å². The number of alkyl halides is 3. The highest BCUT2D eigenvalue weighted by Crippen LogP contribution is 2.29. The van der Waals surface area contributed by atoms with E-state index < -0.39 is 11.7 Å². The maximum absolute atomic E-state index is 12.4. The third kappa shape index (κ3) is 4.71. The third-order valence-electron chi connectivity index (χ3n) is 2.74. The predicted molar refractivity (Wildman–Crippen MR) is 75.6 cm³/mol. The number of nitrogens with zero attached hydrogens (tertiary/aromatic N) is 1. The van der Waals surface area contributed by atoms with Gasteiger partial charge < -0.3 is 14.9 Å². The Morgan fingerprint density at radius 2 is 1.91 bits per heavy atom. The molecule has 0 unspecified atom stereocenters. The summed E-state index contributed by atoms with van der Waals surface area (Å²) in [5, 5.41) is 0. The van der Waals surface area contributed by atoms with Crippen molar-refractivity contribution in [3.8, 4) is 0 Å². The maximum Gasteiger partial charge on any atom is 0.416 e. The Morgan fingerprint density at radius 1 is 1.18 bits per heavy atom. The van der Waals surface area contributed by atoms with E-state index >= 15 is 0 Å². The topological polar surface area (TPSA) is 61.3 Å². The van der Waals surface area contributed by atoms with E-state index in [1.54, 1.807) is 12.2 Å². The van der Waals surface area contributed by atoms with Crippen LogP contribution in [-0.2, 0) is 17.5 Å². The van der Waals surface area contributed by atoms with Crippen LogP contribution in [0, 0.1) is 0 Å². The summed E-state index contributed by atoms with van der Waals surface area (Å²) < 4.78 is 47.7. The Kier molecular flexibility index (Phi) is 5.35. The van der Waals surface area contributed by atoms with Crippen LogP contribution in [0.5, 0.6) is 0 Å². The molecule has 22 heavy (non-hydrogen) atoms. The van der Waals surface area contributed by atoms with Crippen LogP contribution in [0.2, 0.25) is 0 Å². The molecular formula is C15H15F3N2O2. The number of aromatic nitrogens is 1. The molecule has 0 saturated heterocycles. The van der Waals surface area contributed by atoms with Crippen LogP contribution in [0.25, 0.3) is 12.2 Å². The molecule has 0 fully saturated rings. The van der Waals surface area contributed by atoms with Gasteiger partial charge in [-0.3, -0.25) is 0 Å². The van der Waals surface area contributed by atoms with E-state index in [-0.39, 0.29) is 0 Å². The molecule has 0 radical (unpaired) electrons. The summed E-state index contributed by atoms with van der Waals surface area (Å²) in [6.07, 6.45) is 0.331. The van der Waals surface area contributed by atoms with Crippen LogP contribution in [0.15, 0.2) is 34.9 Å². The van der Waals surface area contributed by atoms with E-state index in [0.29, 0.717) is 36.9 Å². The van der Waals surface area contributed by atoms with Crippen molar-refractivity contribution < 1.29 is 22.3 Å². The second-order valence-corrected chi connectivity index (χ2v) is 4.47. The van der Waals surface area contributed by atoms with E-state index in [1.807, 2.05) is 0 Å². The Balaban J connectivity index is 1.97. The van der Waals surface area contributed by atoms with Gasteiger partial charge in [0, 0.05) is 12.6 Å². The van der Waals surface area contributed by atoms with E-state index in [1.165, 1.54) is 18.4 Å². The van der Waals surface area contributed by atoms with Gasteiger partial charge in [-0.15, -0.1) is 0 Å². The molecule has 0 bridgehead atoms. The zero-order valence-electron chi connectivity index (χ0n) is 11.6. The van der Waals surface area contributed by atoms with Gasteiger partial charge in [0.2, 0.25) is 5.89 Å². The minimum Gasteiger partial charge on any atom is -0.445 e. The molecule has 7 heteroatoms. The standard InChI is InChI=1S/C15H15F3N2O2/c16-15(17,18)12-4-1-11(2-5-12)3-6-14-20-13(10-22-14)9-21-8-7-19/h1-6,10H,7-9,19H2/b6-3+. The predicted octanol–water partition coefficient (Wildman–Crippen LogP) is 3.34. The zero-order chi connectivity index (χ0) is 16.0. The Labute approximate surface area is 125 Å². The van der Waals surface area contributed by atoms with Crippen molar-refractivity contribution in [1.82, 2.24) is 4.98 Å². The van der Waals surface area contributed by atoms with E-state index in [2.05, 4.69) is 4.98 Å². The van der Waals surface area contributed by atoms with Crippen molar-refractivity contribution in [2.24, 2.45) is 5.73 Å². The van der Waals surface area contributed by atoms with Crippen LogP contribution >= 0.6 is 0 Å². The minimum absolute atomic E-state index is 0.300. The molecule has 118 valence electrons. The molecule has 1 heterocycles. The molecule has 1 aromatic heterocycles. The first-order chi connectivity index (χ1) is 10.5. The summed E-state index contributed by atoms with van der Waals surface area (Å²) in [6.45, 7) is 1.16. The lowest BCUT2D eigenvalue weighted by Gasteiger charge is -2.05. The van der Waals surface area contributed by atoms with Crippen LogP contribution in [0.3, 0.4) is 0 Å². The number of ether oxygens (including phenoxy) is 1. The Morgan fingerprint density at radius 3 is 2.55 bits per heavy atom.